The van der Waals surface area contributed by atoms with E-state index in [0.717, 1.165) is 5.56 Å². The topological polar surface area (TPSA) is 62.0 Å². The first-order valence-electron chi connectivity index (χ1n) is 5.78. The number of amides is 1. The Morgan fingerprint density at radius 3 is 2.83 bits per heavy atom. The average molecular weight is 242 g/mol. The highest BCUT2D eigenvalue weighted by Gasteiger charge is 2.07. The zero-order valence-electron chi connectivity index (χ0n) is 10.1. The molecule has 2 aromatic rings. The van der Waals surface area contributed by atoms with Crippen LogP contribution >= 0.6 is 0 Å². The summed E-state index contributed by atoms with van der Waals surface area (Å²) in [7, 11) is 0. The van der Waals surface area contributed by atoms with E-state index in [0.29, 0.717) is 17.7 Å². The summed E-state index contributed by atoms with van der Waals surface area (Å²) in [4.78, 5) is 26.0. The molecule has 1 aromatic carbocycles. The van der Waals surface area contributed by atoms with E-state index >= 15 is 0 Å². The van der Waals surface area contributed by atoms with Crippen molar-refractivity contribution in [2.24, 2.45) is 0 Å². The van der Waals surface area contributed by atoms with Gasteiger partial charge in [-0.15, -0.1) is 0 Å². The standard InChI is InChI=1S/C14H14N2O2/c1-2-15-13(17)11-6-3-5-10(9-11)12-7-4-8-16-14(12)18/h3-9H,2H2,1H3,(H,15,17)(H,16,18). The van der Waals surface area contributed by atoms with Crippen LogP contribution in [0.15, 0.2) is 47.4 Å². The van der Waals surface area contributed by atoms with Gasteiger partial charge >= 0.3 is 0 Å². The number of carbonyl (C=O) groups is 1. The fourth-order valence-electron chi connectivity index (χ4n) is 1.74. The molecule has 0 spiro atoms. The van der Waals surface area contributed by atoms with Gasteiger partial charge in [0, 0.05) is 23.9 Å². The molecule has 0 saturated carbocycles. The van der Waals surface area contributed by atoms with E-state index in [1.165, 1.54) is 0 Å². The molecule has 0 aliphatic heterocycles. The fourth-order valence-corrected chi connectivity index (χ4v) is 1.74. The number of nitrogens with one attached hydrogen (secondary N) is 2. The first kappa shape index (κ1) is 12.1. The van der Waals surface area contributed by atoms with Crippen LogP contribution in [0.3, 0.4) is 0 Å². The minimum Gasteiger partial charge on any atom is -0.352 e. The van der Waals surface area contributed by atoms with Crippen LogP contribution in [0.5, 0.6) is 0 Å². The van der Waals surface area contributed by atoms with Crippen molar-refractivity contribution >= 4 is 5.91 Å². The second-order valence-corrected chi connectivity index (χ2v) is 3.85. The van der Waals surface area contributed by atoms with Crippen molar-refractivity contribution in [1.82, 2.24) is 10.3 Å². The van der Waals surface area contributed by atoms with E-state index < -0.39 is 0 Å². The van der Waals surface area contributed by atoms with E-state index in [1.807, 2.05) is 13.0 Å². The predicted octanol–water partition coefficient (Wildman–Crippen LogP) is 1.79. The summed E-state index contributed by atoms with van der Waals surface area (Å²) >= 11 is 0. The zero-order valence-corrected chi connectivity index (χ0v) is 10.1. The van der Waals surface area contributed by atoms with Crippen LogP contribution < -0.4 is 10.9 Å². The summed E-state index contributed by atoms with van der Waals surface area (Å²) in [6.45, 7) is 2.44. The maximum absolute atomic E-state index is 11.7. The van der Waals surface area contributed by atoms with Crippen LogP contribution in [-0.4, -0.2) is 17.4 Å². The van der Waals surface area contributed by atoms with E-state index in [4.69, 9.17) is 0 Å². The lowest BCUT2D eigenvalue weighted by atomic mass is 10.0. The van der Waals surface area contributed by atoms with Crippen molar-refractivity contribution in [2.45, 2.75) is 6.92 Å². The molecule has 0 aliphatic rings. The molecule has 4 heteroatoms. The van der Waals surface area contributed by atoms with E-state index in [9.17, 15) is 9.59 Å². The third-order valence-corrected chi connectivity index (χ3v) is 2.59. The Bertz CT molecular complexity index is 617. The van der Waals surface area contributed by atoms with Gasteiger partial charge in [-0.2, -0.15) is 0 Å². The summed E-state index contributed by atoms with van der Waals surface area (Å²) < 4.78 is 0. The smallest absolute Gasteiger partial charge is 0.255 e. The first-order chi connectivity index (χ1) is 8.72. The molecule has 0 unspecified atom stereocenters. The van der Waals surface area contributed by atoms with Gasteiger partial charge in [-0.3, -0.25) is 9.59 Å². The predicted molar refractivity (Wildman–Crippen MR) is 70.5 cm³/mol. The van der Waals surface area contributed by atoms with Crippen molar-refractivity contribution in [3.05, 3.63) is 58.5 Å². The van der Waals surface area contributed by atoms with Gasteiger partial charge in [0.05, 0.1) is 0 Å². The van der Waals surface area contributed by atoms with Crippen LogP contribution in [-0.2, 0) is 0 Å². The van der Waals surface area contributed by atoms with Crippen LogP contribution in [0.2, 0.25) is 0 Å². The molecule has 0 fully saturated rings. The number of carbonyl (C=O) groups excluding carboxylic acids is 1. The molecule has 92 valence electrons. The monoisotopic (exact) mass is 242 g/mol. The minimum absolute atomic E-state index is 0.133. The van der Waals surface area contributed by atoms with Crippen LogP contribution in [0.25, 0.3) is 11.1 Å². The van der Waals surface area contributed by atoms with Crippen LogP contribution in [0.4, 0.5) is 0 Å². The van der Waals surface area contributed by atoms with Crippen LogP contribution in [0.1, 0.15) is 17.3 Å². The van der Waals surface area contributed by atoms with Crippen molar-refractivity contribution in [3.63, 3.8) is 0 Å². The number of aromatic nitrogens is 1. The Labute approximate surface area is 105 Å². The van der Waals surface area contributed by atoms with Gasteiger partial charge in [0.2, 0.25) is 0 Å². The summed E-state index contributed by atoms with van der Waals surface area (Å²) in [6.07, 6.45) is 1.58. The molecular formula is C14H14N2O2. The van der Waals surface area contributed by atoms with Gasteiger partial charge in [-0.1, -0.05) is 12.1 Å². The molecule has 2 N–H and O–H groups in total. The number of pyridine rings is 1. The highest BCUT2D eigenvalue weighted by Crippen LogP contribution is 2.16. The molecule has 0 atom stereocenters. The van der Waals surface area contributed by atoms with Gasteiger partial charge in [0.1, 0.15) is 0 Å². The van der Waals surface area contributed by atoms with Crippen molar-refractivity contribution < 1.29 is 4.79 Å². The van der Waals surface area contributed by atoms with Crippen LogP contribution in [0, 0.1) is 0 Å². The Hall–Kier alpha value is -2.36. The molecule has 18 heavy (non-hydrogen) atoms. The molecule has 0 aliphatic carbocycles. The lowest BCUT2D eigenvalue weighted by Gasteiger charge is -2.05. The van der Waals surface area contributed by atoms with Crippen molar-refractivity contribution in [1.29, 1.82) is 0 Å². The molecule has 0 saturated heterocycles. The quantitative estimate of drug-likeness (QED) is 0.862. The molecular weight excluding hydrogens is 228 g/mol. The Balaban J connectivity index is 2.42. The van der Waals surface area contributed by atoms with Gasteiger partial charge in [0.25, 0.3) is 11.5 Å². The second-order valence-electron chi connectivity index (χ2n) is 3.85. The third kappa shape index (κ3) is 2.48. The Morgan fingerprint density at radius 2 is 2.11 bits per heavy atom. The van der Waals surface area contributed by atoms with Gasteiger partial charge in [0.15, 0.2) is 0 Å². The molecule has 1 amide bonds. The Morgan fingerprint density at radius 1 is 1.28 bits per heavy atom. The fraction of sp³-hybridized carbons (Fsp3) is 0.143. The molecule has 1 aromatic heterocycles. The zero-order chi connectivity index (χ0) is 13.0. The number of rotatable bonds is 3. The SMILES string of the molecule is CCNC(=O)c1cccc(-c2ccc[nH]c2=O)c1. The van der Waals surface area contributed by atoms with E-state index in [-0.39, 0.29) is 11.5 Å². The summed E-state index contributed by atoms with van der Waals surface area (Å²) in [5, 5.41) is 2.73. The first-order valence-corrected chi connectivity index (χ1v) is 5.78. The second kappa shape index (κ2) is 5.31. The lowest BCUT2D eigenvalue weighted by molar-refractivity contribution is 0.0956. The molecule has 2 rings (SSSR count). The summed E-state index contributed by atoms with van der Waals surface area (Å²) in [6, 6.07) is 10.5. The van der Waals surface area contributed by atoms with Gasteiger partial charge in [-0.05, 0) is 36.8 Å². The molecule has 0 radical (unpaired) electrons. The maximum Gasteiger partial charge on any atom is 0.255 e. The maximum atomic E-state index is 11.7. The van der Waals surface area contributed by atoms with E-state index in [1.54, 1.807) is 36.5 Å². The van der Waals surface area contributed by atoms with Gasteiger partial charge < -0.3 is 10.3 Å². The molecule has 0 bridgehead atoms. The lowest BCUT2D eigenvalue weighted by Crippen LogP contribution is -2.22. The van der Waals surface area contributed by atoms with E-state index in [2.05, 4.69) is 10.3 Å². The van der Waals surface area contributed by atoms with Crippen molar-refractivity contribution in [3.8, 4) is 11.1 Å². The highest BCUT2D eigenvalue weighted by atomic mass is 16.1. The third-order valence-electron chi connectivity index (χ3n) is 2.59. The largest absolute Gasteiger partial charge is 0.352 e. The Kier molecular flexibility index (Phi) is 3.57. The summed E-state index contributed by atoms with van der Waals surface area (Å²) in [5.74, 6) is -0.133. The molecule has 1 heterocycles. The number of H-pyrrole nitrogens is 1. The number of aromatic amines is 1. The number of hydrogen-bond acceptors (Lipinski definition) is 2. The minimum atomic E-state index is -0.162. The number of hydrogen-bond donors (Lipinski definition) is 2. The highest BCUT2D eigenvalue weighted by molar-refractivity contribution is 5.95. The normalized spacial score (nSPS) is 10.1. The van der Waals surface area contributed by atoms with Crippen molar-refractivity contribution in [2.75, 3.05) is 6.54 Å². The average Bonchev–Trinajstić information content (AvgIpc) is 2.40. The summed E-state index contributed by atoms with van der Waals surface area (Å²) in [5.41, 5.74) is 1.69. The molecule has 4 nitrogen and oxygen atoms in total. The van der Waals surface area contributed by atoms with Gasteiger partial charge in [-0.25, -0.2) is 0 Å². The number of benzene rings is 1.